The van der Waals surface area contributed by atoms with Crippen molar-refractivity contribution in [3.05, 3.63) is 70.4 Å². The van der Waals surface area contributed by atoms with Gasteiger partial charge in [-0.2, -0.15) is 0 Å². The van der Waals surface area contributed by atoms with Gasteiger partial charge in [0.05, 0.1) is 16.9 Å². The van der Waals surface area contributed by atoms with Crippen molar-refractivity contribution in [3.8, 4) is 17.1 Å². The average molecular weight is 488 g/mol. The lowest BCUT2D eigenvalue weighted by atomic mass is 10.1. The monoisotopic (exact) mass is 487 g/mol. The second-order valence-electron chi connectivity index (χ2n) is 8.31. The van der Waals surface area contributed by atoms with Crippen molar-refractivity contribution in [2.24, 2.45) is 0 Å². The van der Waals surface area contributed by atoms with Crippen LogP contribution in [0.4, 0.5) is 14.6 Å². The standard InChI is InChI=1S/C24H24ClF2N5O2/c1-13-10-32(11-14(2)30-13)24(33)16-5-3-15(4-6-16)20-9-29-22(28)23(31-20)34-12-17-18(26)7-8-19(27)21(17)25/h3-9,13-14,30H,10-12H2,1-2H3,(H2,28,29)/t13-,14+. The number of amides is 1. The third kappa shape index (κ3) is 5.10. The molecule has 1 aliphatic heterocycles. The van der Waals surface area contributed by atoms with Crippen LogP contribution in [0.15, 0.2) is 42.6 Å². The molecule has 3 N–H and O–H groups in total. The molecule has 2 heterocycles. The van der Waals surface area contributed by atoms with Gasteiger partial charge in [0, 0.05) is 41.9 Å². The summed E-state index contributed by atoms with van der Waals surface area (Å²) in [6.45, 7) is 5.01. The number of rotatable bonds is 5. The van der Waals surface area contributed by atoms with Crippen LogP contribution in [0.5, 0.6) is 5.88 Å². The Labute approximate surface area is 200 Å². The van der Waals surface area contributed by atoms with Gasteiger partial charge in [0.2, 0.25) is 0 Å². The summed E-state index contributed by atoms with van der Waals surface area (Å²) in [7, 11) is 0. The number of nitrogens with one attached hydrogen (secondary N) is 1. The van der Waals surface area contributed by atoms with Crippen LogP contribution in [0.2, 0.25) is 5.02 Å². The molecule has 0 spiro atoms. The van der Waals surface area contributed by atoms with Crippen LogP contribution in [-0.2, 0) is 6.61 Å². The van der Waals surface area contributed by atoms with Crippen LogP contribution in [0.1, 0.15) is 29.8 Å². The number of halogens is 3. The molecule has 0 saturated carbocycles. The zero-order valence-electron chi connectivity index (χ0n) is 18.7. The predicted molar refractivity (Wildman–Crippen MR) is 126 cm³/mol. The van der Waals surface area contributed by atoms with Gasteiger partial charge in [-0.05, 0) is 38.1 Å². The number of hydrogen-bond acceptors (Lipinski definition) is 6. The van der Waals surface area contributed by atoms with Gasteiger partial charge >= 0.3 is 0 Å². The van der Waals surface area contributed by atoms with Crippen molar-refractivity contribution in [1.29, 1.82) is 0 Å². The first-order valence-corrected chi connectivity index (χ1v) is 11.1. The molecule has 0 aliphatic carbocycles. The minimum absolute atomic E-state index is 0.00886. The summed E-state index contributed by atoms with van der Waals surface area (Å²) < 4.78 is 33.2. The second-order valence-corrected chi connectivity index (χ2v) is 8.69. The minimum atomic E-state index is -0.756. The number of nitrogens with two attached hydrogens (primary N) is 1. The molecule has 1 fully saturated rings. The molecule has 0 unspecified atom stereocenters. The zero-order valence-corrected chi connectivity index (χ0v) is 19.4. The molecule has 2 atom stereocenters. The van der Waals surface area contributed by atoms with Crippen molar-refractivity contribution in [3.63, 3.8) is 0 Å². The van der Waals surface area contributed by atoms with E-state index in [2.05, 4.69) is 29.1 Å². The normalized spacial score (nSPS) is 18.1. The molecule has 1 saturated heterocycles. The molecule has 0 bridgehead atoms. The maximum absolute atomic E-state index is 14.0. The molecule has 10 heteroatoms. The summed E-state index contributed by atoms with van der Waals surface area (Å²) in [6.07, 6.45) is 1.47. The van der Waals surface area contributed by atoms with Gasteiger partial charge in [0.1, 0.15) is 18.2 Å². The summed E-state index contributed by atoms with van der Waals surface area (Å²) in [5.41, 5.74) is 7.41. The van der Waals surface area contributed by atoms with Crippen molar-refractivity contribution < 1.29 is 18.3 Å². The Morgan fingerprint density at radius 3 is 2.47 bits per heavy atom. The number of nitrogen functional groups attached to an aromatic ring is 1. The molecule has 1 aromatic heterocycles. The summed E-state index contributed by atoms with van der Waals surface area (Å²) >= 11 is 5.85. The summed E-state index contributed by atoms with van der Waals surface area (Å²) in [4.78, 5) is 23.2. The van der Waals surface area contributed by atoms with Crippen LogP contribution in [0.3, 0.4) is 0 Å². The van der Waals surface area contributed by atoms with E-state index in [0.717, 1.165) is 12.1 Å². The zero-order chi connectivity index (χ0) is 24.4. The topological polar surface area (TPSA) is 93.4 Å². The molecule has 7 nitrogen and oxygen atoms in total. The second kappa shape index (κ2) is 9.90. The first-order chi connectivity index (χ1) is 16.2. The minimum Gasteiger partial charge on any atom is -0.470 e. The number of piperazine rings is 1. The Kier molecular flexibility index (Phi) is 6.95. The highest BCUT2D eigenvalue weighted by Crippen LogP contribution is 2.27. The quantitative estimate of drug-likeness (QED) is 0.527. The number of benzene rings is 2. The predicted octanol–water partition coefficient (Wildman–Crippen LogP) is 4.06. The first kappa shape index (κ1) is 23.8. The molecule has 1 aliphatic rings. The lowest BCUT2D eigenvalue weighted by molar-refractivity contribution is 0.0674. The van der Waals surface area contributed by atoms with E-state index in [1.165, 1.54) is 6.20 Å². The number of carbonyl (C=O) groups excluding carboxylic acids is 1. The van der Waals surface area contributed by atoms with E-state index in [1.807, 2.05) is 4.90 Å². The van der Waals surface area contributed by atoms with Crippen molar-refractivity contribution in [2.75, 3.05) is 18.8 Å². The lowest BCUT2D eigenvalue weighted by Gasteiger charge is -2.36. The van der Waals surface area contributed by atoms with E-state index in [4.69, 9.17) is 22.1 Å². The molecule has 0 radical (unpaired) electrons. The fourth-order valence-corrected chi connectivity index (χ4v) is 4.14. The van der Waals surface area contributed by atoms with Gasteiger partial charge in [-0.1, -0.05) is 23.7 Å². The van der Waals surface area contributed by atoms with E-state index >= 15 is 0 Å². The van der Waals surface area contributed by atoms with E-state index in [9.17, 15) is 13.6 Å². The van der Waals surface area contributed by atoms with Gasteiger partial charge in [-0.15, -0.1) is 0 Å². The third-order valence-electron chi connectivity index (χ3n) is 5.53. The number of carbonyl (C=O) groups is 1. The van der Waals surface area contributed by atoms with E-state index < -0.39 is 11.6 Å². The fourth-order valence-electron chi connectivity index (χ4n) is 3.93. The molecule has 1 amide bonds. The molecule has 3 aromatic rings. The van der Waals surface area contributed by atoms with Gasteiger partial charge in [-0.25, -0.2) is 18.7 Å². The van der Waals surface area contributed by atoms with Crippen LogP contribution < -0.4 is 15.8 Å². The van der Waals surface area contributed by atoms with E-state index in [-0.39, 0.29) is 46.9 Å². The molecular formula is C24H24ClF2N5O2. The van der Waals surface area contributed by atoms with Gasteiger partial charge in [0.25, 0.3) is 11.8 Å². The Morgan fingerprint density at radius 1 is 1.15 bits per heavy atom. The molecule has 34 heavy (non-hydrogen) atoms. The fraction of sp³-hybridized carbons (Fsp3) is 0.292. The summed E-state index contributed by atoms with van der Waals surface area (Å²) in [6, 6.07) is 9.34. The Balaban J connectivity index is 1.50. The molecule has 178 valence electrons. The highest BCUT2D eigenvalue weighted by atomic mass is 35.5. The smallest absolute Gasteiger partial charge is 0.258 e. The van der Waals surface area contributed by atoms with E-state index in [1.54, 1.807) is 24.3 Å². The Hall–Kier alpha value is -3.30. The Bertz CT molecular complexity index is 1200. The van der Waals surface area contributed by atoms with E-state index in [0.29, 0.717) is 29.9 Å². The van der Waals surface area contributed by atoms with Crippen molar-refractivity contribution in [2.45, 2.75) is 32.5 Å². The van der Waals surface area contributed by atoms with Crippen molar-refractivity contribution >= 4 is 23.3 Å². The number of ether oxygens (including phenoxy) is 1. The van der Waals surface area contributed by atoms with Crippen LogP contribution in [-0.4, -0.2) is 45.9 Å². The summed E-state index contributed by atoms with van der Waals surface area (Å²) in [5, 5.41) is 3.04. The average Bonchev–Trinajstić information content (AvgIpc) is 2.81. The highest BCUT2D eigenvalue weighted by Gasteiger charge is 2.25. The molecule has 4 rings (SSSR count). The third-order valence-corrected chi connectivity index (χ3v) is 5.94. The number of aromatic nitrogens is 2. The molecule has 2 aromatic carbocycles. The first-order valence-electron chi connectivity index (χ1n) is 10.8. The van der Waals surface area contributed by atoms with Gasteiger partial charge < -0.3 is 20.7 Å². The van der Waals surface area contributed by atoms with Crippen molar-refractivity contribution in [1.82, 2.24) is 20.2 Å². The molecular weight excluding hydrogens is 464 g/mol. The lowest BCUT2D eigenvalue weighted by Crippen LogP contribution is -2.55. The van der Waals surface area contributed by atoms with Crippen LogP contribution >= 0.6 is 11.6 Å². The summed E-state index contributed by atoms with van der Waals surface area (Å²) in [5.74, 6) is -1.55. The van der Waals surface area contributed by atoms with Gasteiger partial charge in [-0.3, -0.25) is 4.79 Å². The Morgan fingerprint density at radius 2 is 1.79 bits per heavy atom. The van der Waals surface area contributed by atoms with Crippen LogP contribution in [0.25, 0.3) is 11.3 Å². The number of nitrogens with zero attached hydrogens (tertiary/aromatic N) is 3. The largest absolute Gasteiger partial charge is 0.470 e. The maximum atomic E-state index is 14.0. The maximum Gasteiger partial charge on any atom is 0.258 e. The number of hydrogen-bond donors (Lipinski definition) is 2. The van der Waals surface area contributed by atoms with Gasteiger partial charge in [0.15, 0.2) is 5.82 Å². The SMILES string of the molecule is C[C@@H]1CN(C(=O)c2ccc(-c3cnc(N)c(OCc4c(F)ccc(F)c4Cl)n3)cc2)C[C@H](C)N1. The van der Waals surface area contributed by atoms with Crippen LogP contribution in [0, 0.1) is 11.6 Å². The highest BCUT2D eigenvalue weighted by molar-refractivity contribution is 6.31. The number of anilines is 1.